The van der Waals surface area contributed by atoms with E-state index in [2.05, 4.69) is 19.2 Å². The fourth-order valence-electron chi connectivity index (χ4n) is 2.58. The second kappa shape index (κ2) is 3.80. The molecule has 2 N–H and O–H groups in total. The van der Waals surface area contributed by atoms with Crippen LogP contribution in [0.2, 0.25) is 0 Å². The normalized spacial score (nSPS) is 41.8. The molecule has 2 aliphatic rings. The van der Waals surface area contributed by atoms with Gasteiger partial charge in [0.05, 0.1) is 18.3 Å². The number of hydrogen-bond acceptors (Lipinski definition) is 3. The first-order valence-electron chi connectivity index (χ1n) is 5.65. The lowest BCUT2D eigenvalue weighted by Crippen LogP contribution is -2.43. The summed E-state index contributed by atoms with van der Waals surface area (Å²) in [5, 5.41) is 13.2. The van der Waals surface area contributed by atoms with Gasteiger partial charge in [-0.15, -0.1) is 0 Å². The minimum Gasteiger partial charge on any atom is -0.392 e. The molecule has 1 saturated carbocycles. The molecule has 3 atom stereocenters. The summed E-state index contributed by atoms with van der Waals surface area (Å²) in [6, 6.07) is 0.736. The molecule has 3 heteroatoms. The smallest absolute Gasteiger partial charge is 0.0693 e. The molecule has 82 valence electrons. The third kappa shape index (κ3) is 2.27. The molecule has 1 aliphatic carbocycles. The predicted octanol–water partition coefficient (Wildman–Crippen LogP) is 1.06. The Morgan fingerprint density at radius 3 is 2.64 bits per heavy atom. The third-order valence-electron chi connectivity index (χ3n) is 3.34. The minimum absolute atomic E-state index is 0.0151. The van der Waals surface area contributed by atoms with Crippen LogP contribution >= 0.6 is 0 Å². The zero-order chi connectivity index (χ0) is 10.2. The van der Waals surface area contributed by atoms with Crippen molar-refractivity contribution in [3.63, 3.8) is 0 Å². The highest BCUT2D eigenvalue weighted by atomic mass is 16.5. The van der Waals surface area contributed by atoms with Crippen molar-refractivity contribution in [2.45, 2.75) is 63.3 Å². The zero-order valence-electron chi connectivity index (χ0n) is 9.12. The first-order chi connectivity index (χ1) is 6.57. The maximum absolute atomic E-state index is 9.68. The molecule has 2 rings (SSSR count). The van der Waals surface area contributed by atoms with Crippen molar-refractivity contribution < 1.29 is 9.84 Å². The van der Waals surface area contributed by atoms with Crippen molar-refractivity contribution in [1.29, 1.82) is 0 Å². The molecule has 0 spiro atoms. The molecule has 0 amide bonds. The van der Waals surface area contributed by atoms with Crippen LogP contribution in [0, 0.1) is 0 Å². The van der Waals surface area contributed by atoms with E-state index in [0.29, 0.717) is 12.1 Å². The van der Waals surface area contributed by atoms with E-state index in [9.17, 15) is 5.11 Å². The molecule has 0 aromatic rings. The van der Waals surface area contributed by atoms with Crippen LogP contribution in [0.3, 0.4) is 0 Å². The number of aliphatic hydroxyl groups excluding tert-OH is 1. The second-order valence-electron chi connectivity index (χ2n) is 5.24. The fourth-order valence-corrected chi connectivity index (χ4v) is 2.58. The Morgan fingerprint density at radius 1 is 1.36 bits per heavy atom. The van der Waals surface area contributed by atoms with E-state index in [1.54, 1.807) is 0 Å². The van der Waals surface area contributed by atoms with Gasteiger partial charge in [-0.2, -0.15) is 0 Å². The Labute approximate surface area is 85.8 Å². The summed E-state index contributed by atoms with van der Waals surface area (Å²) >= 11 is 0. The van der Waals surface area contributed by atoms with Gasteiger partial charge in [0.25, 0.3) is 0 Å². The second-order valence-corrected chi connectivity index (χ2v) is 5.24. The average molecular weight is 199 g/mol. The lowest BCUT2D eigenvalue weighted by atomic mass is 10.0. The van der Waals surface area contributed by atoms with Gasteiger partial charge in [-0.1, -0.05) is 0 Å². The van der Waals surface area contributed by atoms with Gasteiger partial charge in [0.15, 0.2) is 0 Å². The van der Waals surface area contributed by atoms with Gasteiger partial charge >= 0.3 is 0 Å². The molecule has 1 saturated heterocycles. The third-order valence-corrected chi connectivity index (χ3v) is 3.34. The highest BCUT2D eigenvalue weighted by molar-refractivity contribution is 4.91. The Kier molecular flexibility index (Phi) is 2.82. The summed E-state index contributed by atoms with van der Waals surface area (Å²) in [4.78, 5) is 0. The number of nitrogens with one attached hydrogen (secondary N) is 1. The molecule has 0 aromatic heterocycles. The molecule has 2 fully saturated rings. The maximum atomic E-state index is 9.68. The van der Waals surface area contributed by atoms with Gasteiger partial charge in [0.1, 0.15) is 0 Å². The predicted molar refractivity (Wildman–Crippen MR) is 55.2 cm³/mol. The number of hydrogen-bond donors (Lipinski definition) is 2. The fraction of sp³-hybridized carbons (Fsp3) is 1.00. The van der Waals surface area contributed by atoms with Crippen molar-refractivity contribution in [3.8, 4) is 0 Å². The molecule has 0 radical (unpaired) electrons. The van der Waals surface area contributed by atoms with Crippen LogP contribution in [0.5, 0.6) is 0 Å². The highest BCUT2D eigenvalue weighted by Gasteiger charge is 2.35. The van der Waals surface area contributed by atoms with Crippen molar-refractivity contribution in [2.75, 3.05) is 6.61 Å². The van der Waals surface area contributed by atoms with Gasteiger partial charge in [-0.25, -0.2) is 0 Å². The van der Waals surface area contributed by atoms with Gasteiger partial charge in [0, 0.05) is 12.1 Å². The van der Waals surface area contributed by atoms with Crippen LogP contribution in [0.25, 0.3) is 0 Å². The summed E-state index contributed by atoms with van der Waals surface area (Å²) < 4.78 is 5.65. The van der Waals surface area contributed by atoms with Gasteiger partial charge in [0.2, 0.25) is 0 Å². The van der Waals surface area contributed by atoms with E-state index in [0.717, 1.165) is 32.3 Å². The van der Waals surface area contributed by atoms with Crippen LogP contribution in [0.15, 0.2) is 0 Å². The topological polar surface area (TPSA) is 41.5 Å². The largest absolute Gasteiger partial charge is 0.392 e. The number of rotatable bonds is 2. The average Bonchev–Trinajstić information content (AvgIpc) is 2.61. The first kappa shape index (κ1) is 10.4. The minimum atomic E-state index is -0.140. The van der Waals surface area contributed by atoms with Crippen LogP contribution in [0.4, 0.5) is 0 Å². The lowest BCUT2D eigenvalue weighted by molar-refractivity contribution is 0.0352. The first-order valence-corrected chi connectivity index (χ1v) is 5.65. The number of ether oxygens (including phenoxy) is 1. The molecule has 14 heavy (non-hydrogen) atoms. The SMILES string of the molecule is CC1(C)CC(N[C@@H]2CCC[C@H]2O)CO1. The Balaban J connectivity index is 1.81. The van der Waals surface area contributed by atoms with Crippen molar-refractivity contribution in [3.05, 3.63) is 0 Å². The summed E-state index contributed by atoms with van der Waals surface area (Å²) in [5.74, 6) is 0. The standard InChI is InChI=1S/C11H21NO2/c1-11(2)6-8(7-14-11)12-9-4-3-5-10(9)13/h8-10,12-13H,3-7H2,1-2H3/t8?,9-,10-/m1/s1. The van der Waals surface area contributed by atoms with Gasteiger partial charge in [-0.3, -0.25) is 0 Å². The van der Waals surface area contributed by atoms with E-state index in [1.165, 1.54) is 0 Å². The Bertz CT molecular complexity index is 205. The molecule has 1 aliphatic heterocycles. The van der Waals surface area contributed by atoms with Crippen LogP contribution in [-0.2, 0) is 4.74 Å². The van der Waals surface area contributed by atoms with Gasteiger partial charge in [-0.05, 0) is 39.5 Å². The molecule has 3 nitrogen and oxygen atoms in total. The highest BCUT2D eigenvalue weighted by Crippen LogP contribution is 2.27. The molecular weight excluding hydrogens is 178 g/mol. The molecule has 0 bridgehead atoms. The number of aliphatic hydroxyl groups is 1. The van der Waals surface area contributed by atoms with Crippen molar-refractivity contribution >= 4 is 0 Å². The Hall–Kier alpha value is -0.120. The van der Waals surface area contributed by atoms with E-state index >= 15 is 0 Å². The van der Waals surface area contributed by atoms with E-state index < -0.39 is 0 Å². The van der Waals surface area contributed by atoms with Crippen molar-refractivity contribution in [1.82, 2.24) is 5.32 Å². The van der Waals surface area contributed by atoms with Crippen LogP contribution in [0.1, 0.15) is 39.5 Å². The monoisotopic (exact) mass is 199 g/mol. The van der Waals surface area contributed by atoms with E-state index in [1.807, 2.05) is 0 Å². The summed E-state index contributed by atoms with van der Waals surface area (Å²) in [6.07, 6.45) is 4.12. The quantitative estimate of drug-likeness (QED) is 0.698. The summed E-state index contributed by atoms with van der Waals surface area (Å²) in [7, 11) is 0. The zero-order valence-corrected chi connectivity index (χ0v) is 9.12. The van der Waals surface area contributed by atoms with E-state index in [-0.39, 0.29) is 11.7 Å². The van der Waals surface area contributed by atoms with Crippen molar-refractivity contribution in [2.24, 2.45) is 0 Å². The lowest BCUT2D eigenvalue weighted by Gasteiger charge is -2.21. The molecule has 1 heterocycles. The molecule has 0 aromatic carbocycles. The Morgan fingerprint density at radius 2 is 2.14 bits per heavy atom. The van der Waals surface area contributed by atoms with E-state index in [4.69, 9.17) is 4.74 Å². The summed E-state index contributed by atoms with van der Waals surface area (Å²) in [5.41, 5.74) is 0.0151. The summed E-state index contributed by atoms with van der Waals surface area (Å²) in [6.45, 7) is 5.04. The van der Waals surface area contributed by atoms with Crippen LogP contribution < -0.4 is 5.32 Å². The maximum Gasteiger partial charge on any atom is 0.0693 e. The van der Waals surface area contributed by atoms with Crippen LogP contribution in [-0.4, -0.2) is 35.5 Å². The van der Waals surface area contributed by atoms with Gasteiger partial charge < -0.3 is 15.2 Å². The molecular formula is C11H21NO2. The molecule has 1 unspecified atom stereocenters.